The first-order valence-corrected chi connectivity index (χ1v) is 6.20. The lowest BCUT2D eigenvalue weighted by molar-refractivity contribution is -0.148. The molecule has 0 fully saturated rings. The van der Waals surface area contributed by atoms with Gasteiger partial charge in [0.25, 0.3) is 5.91 Å². The third-order valence-corrected chi connectivity index (χ3v) is 3.11. The summed E-state index contributed by atoms with van der Waals surface area (Å²) in [5.74, 6) is -0.426. The Labute approximate surface area is 107 Å². The summed E-state index contributed by atoms with van der Waals surface area (Å²) in [4.78, 5) is 25.5. The molecule has 0 aliphatic carbocycles. The minimum atomic E-state index is -0.531. The van der Waals surface area contributed by atoms with Gasteiger partial charge in [-0.1, -0.05) is 25.1 Å². The number of hydrogen-bond acceptors (Lipinski definition) is 3. The number of carbonyl (C=O) groups is 2. The molecule has 2 rings (SSSR count). The largest absolute Gasteiger partial charge is 0.464 e. The van der Waals surface area contributed by atoms with Crippen molar-refractivity contribution in [3.8, 4) is 0 Å². The standard InChI is InChI=1S/C14H17NO3/c1-3-8-18-14(17)10(2)15-9-11-6-4-5-7-12(11)13(15)16/h4-7,10H,3,8-9H2,1-2H3. The molecule has 0 aromatic heterocycles. The maximum atomic E-state index is 12.1. The summed E-state index contributed by atoms with van der Waals surface area (Å²) in [6.07, 6.45) is 0.784. The van der Waals surface area contributed by atoms with E-state index in [-0.39, 0.29) is 11.9 Å². The lowest BCUT2D eigenvalue weighted by Crippen LogP contribution is -2.40. The number of esters is 1. The Kier molecular flexibility index (Phi) is 3.65. The topological polar surface area (TPSA) is 46.6 Å². The second kappa shape index (κ2) is 5.21. The van der Waals surface area contributed by atoms with Crippen LogP contribution >= 0.6 is 0 Å². The van der Waals surface area contributed by atoms with Gasteiger partial charge in [-0.05, 0) is 25.0 Å². The van der Waals surface area contributed by atoms with Crippen molar-refractivity contribution in [3.63, 3.8) is 0 Å². The van der Waals surface area contributed by atoms with E-state index in [4.69, 9.17) is 4.74 Å². The van der Waals surface area contributed by atoms with E-state index in [1.807, 2.05) is 25.1 Å². The van der Waals surface area contributed by atoms with Crippen LogP contribution < -0.4 is 0 Å². The first kappa shape index (κ1) is 12.6. The fourth-order valence-electron chi connectivity index (χ4n) is 2.04. The molecular formula is C14H17NO3. The van der Waals surface area contributed by atoms with E-state index in [9.17, 15) is 9.59 Å². The summed E-state index contributed by atoms with van der Waals surface area (Å²) in [6, 6.07) is 6.91. The first-order chi connectivity index (χ1) is 8.65. The number of hydrogen-bond donors (Lipinski definition) is 0. The predicted molar refractivity (Wildman–Crippen MR) is 67.0 cm³/mol. The SMILES string of the molecule is CCCOC(=O)C(C)N1Cc2ccccc2C1=O. The molecule has 0 N–H and O–H groups in total. The van der Waals surface area contributed by atoms with E-state index in [1.54, 1.807) is 17.9 Å². The van der Waals surface area contributed by atoms with Crippen LogP contribution in [0.1, 0.15) is 36.2 Å². The molecule has 4 nitrogen and oxygen atoms in total. The normalized spacial score (nSPS) is 15.4. The van der Waals surface area contributed by atoms with Crippen molar-refractivity contribution in [1.29, 1.82) is 0 Å². The van der Waals surface area contributed by atoms with Crippen molar-refractivity contribution < 1.29 is 14.3 Å². The number of benzene rings is 1. The van der Waals surface area contributed by atoms with Gasteiger partial charge in [-0.15, -0.1) is 0 Å². The van der Waals surface area contributed by atoms with Crippen molar-refractivity contribution >= 4 is 11.9 Å². The monoisotopic (exact) mass is 247 g/mol. The average Bonchev–Trinajstić information content (AvgIpc) is 2.73. The Morgan fingerprint density at radius 2 is 2.17 bits per heavy atom. The molecule has 4 heteroatoms. The zero-order valence-electron chi connectivity index (χ0n) is 10.7. The highest BCUT2D eigenvalue weighted by Gasteiger charge is 2.34. The number of fused-ring (bicyclic) bond motifs is 1. The highest BCUT2D eigenvalue weighted by Crippen LogP contribution is 2.24. The number of ether oxygens (including phenoxy) is 1. The third kappa shape index (κ3) is 2.23. The maximum Gasteiger partial charge on any atom is 0.328 e. The Morgan fingerprint density at radius 3 is 2.83 bits per heavy atom. The average molecular weight is 247 g/mol. The van der Waals surface area contributed by atoms with Crippen LogP contribution in [-0.2, 0) is 16.1 Å². The number of carbonyl (C=O) groups excluding carboxylic acids is 2. The second-order valence-electron chi connectivity index (χ2n) is 4.43. The van der Waals surface area contributed by atoms with Crippen LogP contribution in [-0.4, -0.2) is 29.4 Å². The molecule has 1 atom stereocenters. The lowest BCUT2D eigenvalue weighted by atomic mass is 10.1. The van der Waals surface area contributed by atoms with Gasteiger partial charge in [0, 0.05) is 12.1 Å². The van der Waals surface area contributed by atoms with Crippen LogP contribution in [0.5, 0.6) is 0 Å². The van der Waals surface area contributed by atoms with E-state index in [0.717, 1.165) is 12.0 Å². The summed E-state index contributed by atoms with van der Waals surface area (Å²) in [7, 11) is 0. The molecule has 1 heterocycles. The van der Waals surface area contributed by atoms with Gasteiger partial charge in [0.15, 0.2) is 0 Å². The molecule has 0 saturated heterocycles. The smallest absolute Gasteiger partial charge is 0.328 e. The van der Waals surface area contributed by atoms with Crippen molar-refractivity contribution in [2.45, 2.75) is 32.9 Å². The van der Waals surface area contributed by atoms with Gasteiger partial charge < -0.3 is 9.64 Å². The molecule has 0 bridgehead atoms. The second-order valence-corrected chi connectivity index (χ2v) is 4.43. The Balaban J connectivity index is 2.09. The van der Waals surface area contributed by atoms with Crippen LogP contribution in [0, 0.1) is 0 Å². The molecule has 1 aromatic carbocycles. The Hall–Kier alpha value is -1.84. The maximum absolute atomic E-state index is 12.1. The fourth-order valence-corrected chi connectivity index (χ4v) is 2.04. The van der Waals surface area contributed by atoms with Crippen molar-refractivity contribution in [2.24, 2.45) is 0 Å². The lowest BCUT2D eigenvalue weighted by Gasteiger charge is -2.22. The fraction of sp³-hybridized carbons (Fsp3) is 0.429. The van der Waals surface area contributed by atoms with Gasteiger partial charge in [0.1, 0.15) is 6.04 Å². The minimum absolute atomic E-state index is 0.0912. The summed E-state index contributed by atoms with van der Waals surface area (Å²) < 4.78 is 5.08. The molecular weight excluding hydrogens is 230 g/mol. The molecule has 0 saturated carbocycles. The summed E-state index contributed by atoms with van der Waals surface area (Å²) in [6.45, 7) is 4.53. The van der Waals surface area contributed by atoms with Crippen LogP contribution in [0.3, 0.4) is 0 Å². The number of amides is 1. The van der Waals surface area contributed by atoms with Gasteiger partial charge >= 0.3 is 5.97 Å². The molecule has 96 valence electrons. The van der Waals surface area contributed by atoms with Crippen LogP contribution in [0.2, 0.25) is 0 Å². The molecule has 0 spiro atoms. The van der Waals surface area contributed by atoms with Gasteiger partial charge in [0.2, 0.25) is 0 Å². The molecule has 1 aromatic rings. The zero-order valence-corrected chi connectivity index (χ0v) is 10.7. The molecule has 1 unspecified atom stereocenters. The number of nitrogens with zero attached hydrogens (tertiary/aromatic N) is 1. The molecule has 1 aliphatic heterocycles. The summed E-state index contributed by atoms with van der Waals surface area (Å²) >= 11 is 0. The van der Waals surface area contributed by atoms with Crippen LogP contribution in [0.25, 0.3) is 0 Å². The van der Waals surface area contributed by atoms with Crippen LogP contribution in [0.15, 0.2) is 24.3 Å². The third-order valence-electron chi connectivity index (χ3n) is 3.11. The van der Waals surface area contributed by atoms with Crippen LogP contribution in [0.4, 0.5) is 0 Å². The molecule has 0 radical (unpaired) electrons. The predicted octanol–water partition coefficient (Wildman–Crippen LogP) is 1.98. The van der Waals surface area contributed by atoms with Gasteiger partial charge in [-0.25, -0.2) is 4.79 Å². The van der Waals surface area contributed by atoms with E-state index in [1.165, 1.54) is 0 Å². The van der Waals surface area contributed by atoms with Gasteiger partial charge in [0.05, 0.1) is 6.61 Å². The Morgan fingerprint density at radius 1 is 1.44 bits per heavy atom. The Bertz CT molecular complexity index is 470. The van der Waals surface area contributed by atoms with Gasteiger partial charge in [-0.2, -0.15) is 0 Å². The van der Waals surface area contributed by atoms with E-state index >= 15 is 0 Å². The minimum Gasteiger partial charge on any atom is -0.464 e. The first-order valence-electron chi connectivity index (χ1n) is 6.20. The highest BCUT2D eigenvalue weighted by molar-refractivity contribution is 6.00. The van der Waals surface area contributed by atoms with Crippen molar-refractivity contribution in [2.75, 3.05) is 6.61 Å². The van der Waals surface area contributed by atoms with Gasteiger partial charge in [-0.3, -0.25) is 4.79 Å². The molecule has 18 heavy (non-hydrogen) atoms. The zero-order chi connectivity index (χ0) is 13.1. The summed E-state index contributed by atoms with van der Waals surface area (Å²) in [5, 5.41) is 0. The van der Waals surface area contributed by atoms with E-state index < -0.39 is 6.04 Å². The van der Waals surface area contributed by atoms with E-state index in [0.29, 0.717) is 18.7 Å². The number of rotatable bonds is 4. The van der Waals surface area contributed by atoms with Crippen molar-refractivity contribution in [3.05, 3.63) is 35.4 Å². The molecule has 1 amide bonds. The quantitative estimate of drug-likeness (QED) is 0.764. The van der Waals surface area contributed by atoms with E-state index in [2.05, 4.69) is 0 Å². The van der Waals surface area contributed by atoms with Crippen molar-refractivity contribution in [1.82, 2.24) is 4.90 Å². The highest BCUT2D eigenvalue weighted by atomic mass is 16.5. The molecule has 1 aliphatic rings. The summed E-state index contributed by atoms with van der Waals surface area (Å²) in [5.41, 5.74) is 1.66.